The molecule has 4 rings (SSSR count). The number of piperidine rings is 2. The van der Waals surface area contributed by atoms with Crippen molar-refractivity contribution in [3.63, 3.8) is 0 Å². The van der Waals surface area contributed by atoms with E-state index in [-0.39, 0.29) is 17.2 Å². The molecule has 136 valence electrons. The first kappa shape index (κ1) is 17.0. The predicted octanol–water partition coefficient (Wildman–Crippen LogP) is 2.21. The van der Waals surface area contributed by atoms with E-state index in [0.29, 0.717) is 30.1 Å². The van der Waals surface area contributed by atoms with Gasteiger partial charge in [-0.1, -0.05) is 0 Å². The predicted molar refractivity (Wildman–Crippen MR) is 95.1 cm³/mol. The molecule has 1 aliphatic carbocycles. The highest BCUT2D eigenvalue weighted by molar-refractivity contribution is 5.94. The molecule has 3 fully saturated rings. The molecule has 6 heteroatoms. The Hall–Kier alpha value is -2.42. The summed E-state index contributed by atoms with van der Waals surface area (Å²) >= 11 is 0. The summed E-state index contributed by atoms with van der Waals surface area (Å²) in [6.07, 6.45) is 7.51. The summed E-state index contributed by atoms with van der Waals surface area (Å²) in [5.41, 5.74) is 0.887. The summed E-state index contributed by atoms with van der Waals surface area (Å²) in [6, 6.07) is 5.24. The van der Waals surface area contributed by atoms with E-state index in [1.54, 1.807) is 12.1 Å². The van der Waals surface area contributed by atoms with Gasteiger partial charge in [-0.05, 0) is 50.2 Å². The summed E-state index contributed by atoms with van der Waals surface area (Å²) < 4.78 is 0. The number of likely N-dealkylation sites (tertiary alicyclic amines) is 2. The quantitative estimate of drug-likeness (QED) is 0.836. The lowest BCUT2D eigenvalue weighted by molar-refractivity contribution is -0.139. The fraction of sp³-hybridized carbons (Fsp3) is 0.600. The van der Waals surface area contributed by atoms with E-state index < -0.39 is 0 Å². The van der Waals surface area contributed by atoms with Crippen LogP contribution in [0.4, 0.5) is 0 Å². The van der Waals surface area contributed by atoms with Gasteiger partial charge in [0, 0.05) is 44.2 Å². The van der Waals surface area contributed by atoms with E-state index in [1.807, 2.05) is 11.0 Å². The van der Waals surface area contributed by atoms with Gasteiger partial charge in [-0.3, -0.25) is 9.59 Å². The molecule has 6 nitrogen and oxygen atoms in total. The number of hydrogen-bond acceptors (Lipinski definition) is 4. The number of nitriles is 1. The molecular formula is C20H24N4O2. The molecule has 26 heavy (non-hydrogen) atoms. The third-order valence-electron chi connectivity index (χ3n) is 6.00. The van der Waals surface area contributed by atoms with Crippen LogP contribution in [0.1, 0.15) is 54.6 Å². The van der Waals surface area contributed by atoms with Crippen molar-refractivity contribution in [3.05, 3.63) is 29.6 Å². The molecule has 3 heterocycles. The number of rotatable bonds is 3. The standard InChI is InChI=1S/C20H24N4O2/c21-10-17-5-4-16(11-22-17)19(26)23-9-1-7-20(13-23)8-6-18(25)24(14-20)12-15-2-3-15/h4-5,11,15H,1-3,6-9,12-14H2/t20-/m1/s1. The fourth-order valence-electron chi connectivity index (χ4n) is 4.36. The van der Waals surface area contributed by atoms with Crippen molar-refractivity contribution in [2.24, 2.45) is 11.3 Å². The molecule has 1 spiro atoms. The first-order valence-corrected chi connectivity index (χ1v) is 9.52. The number of aromatic nitrogens is 1. The van der Waals surface area contributed by atoms with Gasteiger partial charge in [0.2, 0.25) is 5.91 Å². The van der Waals surface area contributed by atoms with E-state index in [4.69, 9.17) is 5.26 Å². The largest absolute Gasteiger partial charge is 0.342 e. The zero-order valence-electron chi connectivity index (χ0n) is 15.0. The Morgan fingerprint density at radius 3 is 2.85 bits per heavy atom. The van der Waals surface area contributed by atoms with Crippen molar-refractivity contribution in [2.45, 2.75) is 38.5 Å². The Balaban J connectivity index is 1.46. The molecule has 3 aliphatic rings. The summed E-state index contributed by atoms with van der Waals surface area (Å²) in [5, 5.41) is 8.85. The van der Waals surface area contributed by atoms with Gasteiger partial charge in [-0.25, -0.2) is 4.98 Å². The Kier molecular flexibility index (Phi) is 4.39. The lowest BCUT2D eigenvalue weighted by Gasteiger charge is -2.48. The van der Waals surface area contributed by atoms with Crippen molar-refractivity contribution >= 4 is 11.8 Å². The van der Waals surface area contributed by atoms with Crippen molar-refractivity contribution in [1.29, 1.82) is 5.26 Å². The van der Waals surface area contributed by atoms with Crippen molar-refractivity contribution < 1.29 is 9.59 Å². The molecule has 0 N–H and O–H groups in total. The Bertz CT molecular complexity index is 750. The van der Waals surface area contributed by atoms with Gasteiger partial charge in [-0.2, -0.15) is 5.26 Å². The number of carbonyl (C=O) groups is 2. The first-order valence-electron chi connectivity index (χ1n) is 9.52. The highest BCUT2D eigenvalue weighted by Crippen LogP contribution is 2.41. The van der Waals surface area contributed by atoms with Crippen molar-refractivity contribution in [3.8, 4) is 6.07 Å². The number of hydrogen-bond donors (Lipinski definition) is 0. The minimum atomic E-state index is -0.0216. The summed E-state index contributed by atoms with van der Waals surface area (Å²) in [5.74, 6) is 0.953. The number of pyridine rings is 1. The lowest BCUT2D eigenvalue weighted by Crippen LogP contribution is -2.55. The molecule has 0 unspecified atom stereocenters. The molecule has 0 radical (unpaired) electrons. The van der Waals surface area contributed by atoms with E-state index in [0.717, 1.165) is 38.9 Å². The maximum absolute atomic E-state index is 12.9. The van der Waals surface area contributed by atoms with E-state index >= 15 is 0 Å². The third-order valence-corrected chi connectivity index (χ3v) is 6.00. The smallest absolute Gasteiger partial charge is 0.255 e. The van der Waals surface area contributed by atoms with E-state index in [1.165, 1.54) is 19.0 Å². The van der Waals surface area contributed by atoms with Gasteiger partial charge in [0.05, 0.1) is 5.56 Å². The lowest BCUT2D eigenvalue weighted by atomic mass is 9.73. The van der Waals surface area contributed by atoms with Crippen LogP contribution in [0, 0.1) is 22.7 Å². The molecule has 1 atom stereocenters. The summed E-state index contributed by atoms with van der Waals surface area (Å²) in [7, 11) is 0. The molecule has 2 saturated heterocycles. The molecule has 1 aromatic heterocycles. The van der Waals surface area contributed by atoms with Crippen LogP contribution in [0.3, 0.4) is 0 Å². The molecule has 1 saturated carbocycles. The fourth-order valence-corrected chi connectivity index (χ4v) is 4.36. The van der Waals surface area contributed by atoms with Crippen LogP contribution in [-0.4, -0.2) is 52.8 Å². The van der Waals surface area contributed by atoms with Crippen LogP contribution in [0.15, 0.2) is 18.3 Å². The molecule has 2 amide bonds. The maximum Gasteiger partial charge on any atom is 0.255 e. The molecule has 2 aliphatic heterocycles. The van der Waals surface area contributed by atoms with Crippen LogP contribution in [-0.2, 0) is 4.79 Å². The maximum atomic E-state index is 12.9. The van der Waals surface area contributed by atoms with Crippen LogP contribution in [0.25, 0.3) is 0 Å². The van der Waals surface area contributed by atoms with Crippen molar-refractivity contribution in [2.75, 3.05) is 26.2 Å². The van der Waals surface area contributed by atoms with Crippen LogP contribution in [0.2, 0.25) is 0 Å². The van der Waals surface area contributed by atoms with Gasteiger partial charge >= 0.3 is 0 Å². The Labute approximate surface area is 153 Å². The zero-order chi connectivity index (χ0) is 18.1. The summed E-state index contributed by atoms with van der Waals surface area (Å²) in [4.78, 5) is 33.2. The first-order chi connectivity index (χ1) is 12.6. The monoisotopic (exact) mass is 352 g/mol. The molecule has 0 aromatic carbocycles. The van der Waals surface area contributed by atoms with Gasteiger partial charge in [0.25, 0.3) is 5.91 Å². The minimum Gasteiger partial charge on any atom is -0.342 e. The Morgan fingerprint density at radius 1 is 1.31 bits per heavy atom. The van der Waals surface area contributed by atoms with E-state index in [2.05, 4.69) is 9.88 Å². The van der Waals surface area contributed by atoms with Gasteiger partial charge in [0.1, 0.15) is 11.8 Å². The van der Waals surface area contributed by atoms with Crippen LogP contribution in [0.5, 0.6) is 0 Å². The number of amides is 2. The average Bonchev–Trinajstić information content (AvgIpc) is 3.49. The number of carbonyl (C=O) groups excluding carboxylic acids is 2. The molecule has 0 bridgehead atoms. The summed E-state index contributed by atoms with van der Waals surface area (Å²) in [6.45, 7) is 3.14. The Morgan fingerprint density at radius 2 is 2.15 bits per heavy atom. The second-order valence-corrected chi connectivity index (χ2v) is 8.09. The number of nitrogens with zero attached hydrogens (tertiary/aromatic N) is 4. The topological polar surface area (TPSA) is 77.3 Å². The van der Waals surface area contributed by atoms with Crippen LogP contribution < -0.4 is 0 Å². The van der Waals surface area contributed by atoms with Crippen molar-refractivity contribution in [1.82, 2.24) is 14.8 Å². The highest BCUT2D eigenvalue weighted by atomic mass is 16.2. The SMILES string of the molecule is N#Cc1ccc(C(=O)N2CCC[C@@]3(CCC(=O)N(CC4CC4)C3)C2)cn1. The molecule has 1 aromatic rings. The van der Waals surface area contributed by atoms with E-state index in [9.17, 15) is 9.59 Å². The van der Waals surface area contributed by atoms with Gasteiger partial charge in [0.15, 0.2) is 0 Å². The second kappa shape index (κ2) is 6.71. The highest BCUT2D eigenvalue weighted by Gasteiger charge is 2.43. The normalized spacial score (nSPS) is 26.0. The van der Waals surface area contributed by atoms with Gasteiger partial charge in [-0.15, -0.1) is 0 Å². The van der Waals surface area contributed by atoms with Crippen LogP contribution >= 0.6 is 0 Å². The zero-order valence-corrected chi connectivity index (χ0v) is 15.0. The second-order valence-electron chi connectivity index (χ2n) is 8.09. The molecular weight excluding hydrogens is 328 g/mol. The minimum absolute atomic E-state index is 0.0216. The third kappa shape index (κ3) is 3.44. The average molecular weight is 352 g/mol. The van der Waals surface area contributed by atoms with Gasteiger partial charge < -0.3 is 9.80 Å².